The van der Waals surface area contributed by atoms with Crippen LogP contribution in [0.15, 0.2) is 41.0 Å². The highest BCUT2D eigenvalue weighted by molar-refractivity contribution is 6.36. The fraction of sp³-hybridized carbons (Fsp3) is 0.286. The third-order valence-electron chi connectivity index (χ3n) is 2.81. The van der Waals surface area contributed by atoms with Gasteiger partial charge in [0.25, 0.3) is 0 Å². The van der Waals surface area contributed by atoms with Gasteiger partial charge in [0.1, 0.15) is 5.76 Å². The largest absolute Gasteiger partial charge is 0.468 e. The molecule has 1 N–H and O–H groups in total. The average molecular weight is 284 g/mol. The number of hydrogen-bond donors (Lipinski definition) is 1. The van der Waals surface area contributed by atoms with E-state index in [1.54, 1.807) is 6.26 Å². The van der Waals surface area contributed by atoms with Gasteiger partial charge < -0.3 is 9.73 Å². The average Bonchev–Trinajstić information content (AvgIpc) is 2.86. The number of halogens is 2. The maximum Gasteiger partial charge on any atom is 0.121 e. The van der Waals surface area contributed by atoms with E-state index < -0.39 is 0 Å². The van der Waals surface area contributed by atoms with Crippen molar-refractivity contribution in [3.05, 3.63) is 58.0 Å². The van der Waals surface area contributed by atoms with Gasteiger partial charge >= 0.3 is 0 Å². The van der Waals surface area contributed by atoms with E-state index in [0.717, 1.165) is 17.9 Å². The topological polar surface area (TPSA) is 25.2 Å². The first-order valence-corrected chi connectivity index (χ1v) is 6.67. The van der Waals surface area contributed by atoms with Crippen molar-refractivity contribution in [2.24, 2.45) is 0 Å². The van der Waals surface area contributed by atoms with Crippen LogP contribution < -0.4 is 5.32 Å². The number of nitrogens with one attached hydrogen (secondary N) is 1. The molecule has 96 valence electrons. The van der Waals surface area contributed by atoms with Crippen LogP contribution in [-0.2, 0) is 6.42 Å². The van der Waals surface area contributed by atoms with Gasteiger partial charge in [-0.3, -0.25) is 0 Å². The molecule has 0 fully saturated rings. The molecule has 2 aromatic rings. The van der Waals surface area contributed by atoms with Crippen molar-refractivity contribution in [2.75, 3.05) is 6.54 Å². The van der Waals surface area contributed by atoms with Gasteiger partial charge in [-0.1, -0.05) is 36.2 Å². The Bertz CT molecular complexity index is 476. The van der Waals surface area contributed by atoms with Gasteiger partial charge in [-0.15, -0.1) is 0 Å². The third-order valence-corrected chi connectivity index (χ3v) is 3.52. The Labute approximate surface area is 117 Å². The molecule has 0 spiro atoms. The van der Waals surface area contributed by atoms with Crippen molar-refractivity contribution < 1.29 is 4.42 Å². The lowest BCUT2D eigenvalue weighted by atomic mass is 10.0. The molecule has 1 atom stereocenters. The molecule has 0 aliphatic heterocycles. The smallest absolute Gasteiger partial charge is 0.121 e. The van der Waals surface area contributed by atoms with E-state index >= 15 is 0 Å². The highest BCUT2D eigenvalue weighted by Gasteiger charge is 2.17. The van der Waals surface area contributed by atoms with Crippen molar-refractivity contribution in [1.29, 1.82) is 0 Å². The number of furan rings is 1. The maximum atomic E-state index is 6.19. The Kier molecular flexibility index (Phi) is 4.70. The van der Waals surface area contributed by atoms with Crippen molar-refractivity contribution in [3.63, 3.8) is 0 Å². The highest BCUT2D eigenvalue weighted by Crippen LogP contribution is 2.29. The summed E-state index contributed by atoms with van der Waals surface area (Å²) < 4.78 is 5.45. The summed E-state index contributed by atoms with van der Waals surface area (Å²) >= 11 is 12.4. The normalized spacial score (nSPS) is 12.6. The molecular weight excluding hydrogens is 269 g/mol. The minimum Gasteiger partial charge on any atom is -0.468 e. The van der Waals surface area contributed by atoms with E-state index in [1.165, 1.54) is 0 Å². The second-order valence-corrected chi connectivity index (χ2v) is 4.84. The zero-order chi connectivity index (χ0) is 13.0. The van der Waals surface area contributed by atoms with Gasteiger partial charge in [0.05, 0.1) is 12.3 Å². The first-order valence-electron chi connectivity index (χ1n) is 5.92. The molecule has 0 radical (unpaired) electrons. The fourth-order valence-corrected chi connectivity index (χ4v) is 2.49. The van der Waals surface area contributed by atoms with E-state index in [9.17, 15) is 0 Å². The molecule has 0 amide bonds. The molecule has 18 heavy (non-hydrogen) atoms. The summed E-state index contributed by atoms with van der Waals surface area (Å²) in [6.45, 7) is 2.91. The molecule has 1 aromatic carbocycles. The Morgan fingerprint density at radius 2 is 1.89 bits per heavy atom. The SMILES string of the molecule is CCNC(Cc1c(Cl)cccc1Cl)c1ccco1. The minimum absolute atomic E-state index is 0.0856. The summed E-state index contributed by atoms with van der Waals surface area (Å²) in [6.07, 6.45) is 2.38. The summed E-state index contributed by atoms with van der Waals surface area (Å²) in [7, 11) is 0. The Balaban J connectivity index is 2.24. The summed E-state index contributed by atoms with van der Waals surface area (Å²) in [5.41, 5.74) is 0.947. The van der Waals surface area contributed by atoms with Crippen LogP contribution in [0.5, 0.6) is 0 Å². The van der Waals surface area contributed by atoms with Gasteiger partial charge in [0.15, 0.2) is 0 Å². The van der Waals surface area contributed by atoms with Crippen LogP contribution in [0.25, 0.3) is 0 Å². The monoisotopic (exact) mass is 283 g/mol. The molecule has 0 saturated heterocycles. The summed E-state index contributed by atoms with van der Waals surface area (Å²) in [5.74, 6) is 0.896. The summed E-state index contributed by atoms with van der Waals surface area (Å²) in [4.78, 5) is 0. The van der Waals surface area contributed by atoms with Gasteiger partial charge in [0.2, 0.25) is 0 Å². The molecule has 0 aliphatic carbocycles. The van der Waals surface area contributed by atoms with Crippen LogP contribution in [0.1, 0.15) is 24.3 Å². The number of benzene rings is 1. The Morgan fingerprint density at radius 3 is 2.44 bits per heavy atom. The Morgan fingerprint density at radius 1 is 1.17 bits per heavy atom. The second kappa shape index (κ2) is 6.28. The van der Waals surface area contributed by atoms with E-state index in [2.05, 4.69) is 12.2 Å². The van der Waals surface area contributed by atoms with E-state index in [0.29, 0.717) is 16.5 Å². The van der Waals surface area contributed by atoms with Crippen LogP contribution in [0.2, 0.25) is 10.0 Å². The van der Waals surface area contributed by atoms with Gasteiger partial charge in [-0.25, -0.2) is 0 Å². The molecular formula is C14H15Cl2NO. The molecule has 2 nitrogen and oxygen atoms in total. The molecule has 1 unspecified atom stereocenters. The van der Waals surface area contributed by atoms with Crippen molar-refractivity contribution in [3.8, 4) is 0 Å². The Hall–Kier alpha value is -0.960. The zero-order valence-electron chi connectivity index (χ0n) is 10.1. The van der Waals surface area contributed by atoms with Gasteiger partial charge in [-0.2, -0.15) is 0 Å². The van der Waals surface area contributed by atoms with E-state index in [-0.39, 0.29) is 6.04 Å². The lowest BCUT2D eigenvalue weighted by Crippen LogP contribution is -2.22. The van der Waals surface area contributed by atoms with E-state index in [4.69, 9.17) is 27.6 Å². The van der Waals surface area contributed by atoms with Gasteiger partial charge in [-0.05, 0) is 42.8 Å². The summed E-state index contributed by atoms with van der Waals surface area (Å²) in [6, 6.07) is 9.49. The van der Waals surface area contributed by atoms with Crippen LogP contribution >= 0.6 is 23.2 Å². The number of likely N-dealkylation sites (N-methyl/N-ethyl adjacent to an activating group) is 1. The van der Waals surface area contributed by atoms with Crippen molar-refractivity contribution >= 4 is 23.2 Å². The van der Waals surface area contributed by atoms with Crippen LogP contribution in [0.3, 0.4) is 0 Å². The molecule has 0 saturated carbocycles. The van der Waals surface area contributed by atoms with Crippen molar-refractivity contribution in [1.82, 2.24) is 5.32 Å². The first kappa shape index (κ1) is 13.5. The third kappa shape index (κ3) is 3.08. The predicted molar refractivity (Wildman–Crippen MR) is 75.3 cm³/mol. The molecule has 0 aliphatic rings. The lowest BCUT2D eigenvalue weighted by Gasteiger charge is -2.17. The minimum atomic E-state index is 0.0856. The van der Waals surface area contributed by atoms with E-state index in [1.807, 2.05) is 30.3 Å². The highest BCUT2D eigenvalue weighted by atomic mass is 35.5. The maximum absolute atomic E-state index is 6.19. The predicted octanol–water partition coefficient (Wildman–Crippen LogP) is 4.48. The quantitative estimate of drug-likeness (QED) is 0.875. The number of hydrogen-bond acceptors (Lipinski definition) is 2. The van der Waals surface area contributed by atoms with Crippen LogP contribution in [-0.4, -0.2) is 6.54 Å². The number of rotatable bonds is 5. The fourth-order valence-electron chi connectivity index (χ4n) is 1.94. The molecule has 0 bridgehead atoms. The molecule has 2 rings (SSSR count). The standard InChI is InChI=1S/C14H15Cl2NO/c1-2-17-13(14-7-4-8-18-14)9-10-11(15)5-3-6-12(10)16/h3-8,13,17H,2,9H2,1H3. The molecule has 1 heterocycles. The molecule has 1 aromatic heterocycles. The van der Waals surface area contributed by atoms with Crippen LogP contribution in [0, 0.1) is 0 Å². The van der Waals surface area contributed by atoms with Crippen molar-refractivity contribution in [2.45, 2.75) is 19.4 Å². The molecule has 4 heteroatoms. The van der Waals surface area contributed by atoms with Crippen LogP contribution in [0.4, 0.5) is 0 Å². The summed E-state index contributed by atoms with van der Waals surface area (Å²) in [5, 5.41) is 4.76. The first-order chi connectivity index (χ1) is 8.72. The lowest BCUT2D eigenvalue weighted by molar-refractivity contribution is 0.416. The van der Waals surface area contributed by atoms with Gasteiger partial charge in [0, 0.05) is 10.0 Å². The second-order valence-electron chi connectivity index (χ2n) is 4.03. The zero-order valence-corrected chi connectivity index (χ0v) is 11.6.